The molecule has 7 heteroatoms. The molecule has 0 fully saturated rings. The maximum Gasteiger partial charge on any atom is 0.242 e. The molecular weight excluding hydrogens is 259 g/mol. The third-order valence-electron chi connectivity index (χ3n) is 2.39. The summed E-state index contributed by atoms with van der Waals surface area (Å²) in [5.74, 6) is -0.575. The van der Waals surface area contributed by atoms with Gasteiger partial charge in [0.25, 0.3) is 0 Å². The number of aliphatic hydroxyl groups is 1. The van der Waals surface area contributed by atoms with E-state index in [-0.39, 0.29) is 23.7 Å². The minimum Gasteiger partial charge on any atom is -0.398 e. The van der Waals surface area contributed by atoms with Crippen molar-refractivity contribution in [3.63, 3.8) is 0 Å². The molecule has 0 saturated heterocycles. The van der Waals surface area contributed by atoms with Gasteiger partial charge in [-0.1, -0.05) is 0 Å². The summed E-state index contributed by atoms with van der Waals surface area (Å²) in [4.78, 5) is -0.119. The van der Waals surface area contributed by atoms with Crippen LogP contribution in [-0.2, 0) is 10.0 Å². The number of nitrogens with one attached hydrogen (secondary N) is 1. The predicted octanol–water partition coefficient (Wildman–Crippen LogP) is 0.849. The molecule has 0 aromatic heterocycles. The standard InChI is InChI=1S/C11H17FN2O3S/c12-9-4-5-11(10(13)8-9)18(16,17)14-6-2-1-3-7-15/h4-5,8,14-15H,1-3,6-7,13H2. The van der Waals surface area contributed by atoms with Crippen LogP contribution in [0.1, 0.15) is 19.3 Å². The minimum absolute atomic E-state index is 0.0949. The summed E-state index contributed by atoms with van der Waals surface area (Å²) >= 11 is 0. The zero-order valence-electron chi connectivity index (χ0n) is 9.89. The van der Waals surface area contributed by atoms with Crippen LogP contribution in [-0.4, -0.2) is 26.7 Å². The highest BCUT2D eigenvalue weighted by Gasteiger charge is 2.16. The van der Waals surface area contributed by atoms with Crippen molar-refractivity contribution in [1.82, 2.24) is 4.72 Å². The van der Waals surface area contributed by atoms with Gasteiger partial charge in [-0.25, -0.2) is 17.5 Å². The maximum atomic E-state index is 12.8. The molecule has 0 aliphatic carbocycles. The molecule has 0 saturated carbocycles. The van der Waals surface area contributed by atoms with Crippen molar-refractivity contribution in [3.05, 3.63) is 24.0 Å². The van der Waals surface area contributed by atoms with E-state index >= 15 is 0 Å². The first-order valence-electron chi connectivity index (χ1n) is 5.63. The number of nitrogen functional groups attached to an aromatic ring is 1. The number of halogens is 1. The SMILES string of the molecule is Nc1cc(F)ccc1S(=O)(=O)NCCCCCO. The van der Waals surface area contributed by atoms with E-state index in [2.05, 4.69) is 4.72 Å². The molecule has 0 atom stereocenters. The molecule has 5 nitrogen and oxygen atoms in total. The lowest BCUT2D eigenvalue weighted by atomic mass is 10.2. The van der Waals surface area contributed by atoms with E-state index in [4.69, 9.17) is 10.8 Å². The van der Waals surface area contributed by atoms with Gasteiger partial charge in [-0.2, -0.15) is 0 Å². The summed E-state index contributed by atoms with van der Waals surface area (Å²) in [6, 6.07) is 3.16. The van der Waals surface area contributed by atoms with Crippen molar-refractivity contribution in [2.45, 2.75) is 24.2 Å². The highest BCUT2D eigenvalue weighted by atomic mass is 32.2. The van der Waals surface area contributed by atoms with Gasteiger partial charge in [0.05, 0.1) is 5.69 Å². The summed E-state index contributed by atoms with van der Waals surface area (Å²) < 4.78 is 38.9. The van der Waals surface area contributed by atoms with E-state index in [0.29, 0.717) is 12.8 Å². The fourth-order valence-electron chi connectivity index (χ4n) is 1.46. The van der Waals surface area contributed by atoms with Crippen LogP contribution >= 0.6 is 0 Å². The lowest BCUT2D eigenvalue weighted by Crippen LogP contribution is -2.25. The molecule has 102 valence electrons. The molecule has 0 aliphatic heterocycles. The van der Waals surface area contributed by atoms with Crippen molar-refractivity contribution in [2.75, 3.05) is 18.9 Å². The van der Waals surface area contributed by atoms with Crippen LogP contribution in [0.4, 0.5) is 10.1 Å². The molecule has 0 spiro atoms. The predicted molar refractivity (Wildman–Crippen MR) is 66.9 cm³/mol. The third kappa shape index (κ3) is 4.25. The van der Waals surface area contributed by atoms with E-state index in [1.807, 2.05) is 0 Å². The molecule has 0 aliphatic rings. The first-order chi connectivity index (χ1) is 8.47. The quantitative estimate of drug-likeness (QED) is 0.508. The summed E-state index contributed by atoms with van der Waals surface area (Å²) in [5, 5.41) is 8.58. The van der Waals surface area contributed by atoms with E-state index in [0.717, 1.165) is 24.6 Å². The van der Waals surface area contributed by atoms with Crippen LogP contribution in [0.5, 0.6) is 0 Å². The Balaban J connectivity index is 2.63. The Morgan fingerprint density at radius 1 is 1.28 bits per heavy atom. The Morgan fingerprint density at radius 2 is 2.00 bits per heavy atom. The van der Waals surface area contributed by atoms with Gasteiger partial charge in [-0.05, 0) is 37.5 Å². The number of hydrogen-bond acceptors (Lipinski definition) is 4. The number of anilines is 1. The van der Waals surface area contributed by atoms with E-state index in [1.165, 1.54) is 0 Å². The third-order valence-corrected chi connectivity index (χ3v) is 3.92. The molecule has 4 N–H and O–H groups in total. The van der Waals surface area contributed by atoms with Gasteiger partial charge in [0.15, 0.2) is 0 Å². The van der Waals surface area contributed by atoms with Crippen LogP contribution in [0.15, 0.2) is 23.1 Å². The van der Waals surface area contributed by atoms with Gasteiger partial charge in [-0.3, -0.25) is 0 Å². The van der Waals surface area contributed by atoms with Gasteiger partial charge >= 0.3 is 0 Å². The highest BCUT2D eigenvalue weighted by molar-refractivity contribution is 7.89. The van der Waals surface area contributed by atoms with E-state index < -0.39 is 15.8 Å². The number of nitrogens with two attached hydrogens (primary N) is 1. The van der Waals surface area contributed by atoms with Crippen molar-refractivity contribution in [2.24, 2.45) is 0 Å². The van der Waals surface area contributed by atoms with E-state index in [1.54, 1.807) is 0 Å². The Bertz CT molecular complexity index is 491. The summed E-state index contributed by atoms with van der Waals surface area (Å²) in [5.41, 5.74) is 5.35. The first-order valence-corrected chi connectivity index (χ1v) is 7.11. The lowest BCUT2D eigenvalue weighted by Gasteiger charge is -2.08. The summed E-state index contributed by atoms with van der Waals surface area (Å²) in [6.07, 6.45) is 2.00. The Labute approximate surface area is 106 Å². The molecular formula is C11H17FN2O3S. The molecule has 0 radical (unpaired) electrons. The van der Waals surface area contributed by atoms with Crippen molar-refractivity contribution in [1.29, 1.82) is 0 Å². The fourth-order valence-corrected chi connectivity index (χ4v) is 2.65. The van der Waals surface area contributed by atoms with Crippen LogP contribution in [0, 0.1) is 5.82 Å². The van der Waals surface area contributed by atoms with Gasteiger partial charge in [0.2, 0.25) is 10.0 Å². The molecule has 1 aromatic carbocycles. The Morgan fingerprint density at radius 3 is 2.61 bits per heavy atom. The van der Waals surface area contributed by atoms with Crippen molar-refractivity contribution >= 4 is 15.7 Å². The van der Waals surface area contributed by atoms with E-state index in [9.17, 15) is 12.8 Å². The molecule has 0 heterocycles. The number of hydrogen-bond donors (Lipinski definition) is 3. The van der Waals surface area contributed by atoms with Crippen LogP contribution in [0.3, 0.4) is 0 Å². The number of rotatable bonds is 7. The summed E-state index contributed by atoms with van der Waals surface area (Å²) in [7, 11) is -3.70. The molecule has 0 bridgehead atoms. The second-order valence-electron chi connectivity index (χ2n) is 3.86. The molecule has 18 heavy (non-hydrogen) atoms. The summed E-state index contributed by atoms with van der Waals surface area (Å²) in [6.45, 7) is 0.358. The first kappa shape index (κ1) is 14.9. The second-order valence-corrected chi connectivity index (χ2v) is 5.60. The fraction of sp³-hybridized carbons (Fsp3) is 0.455. The monoisotopic (exact) mass is 276 g/mol. The lowest BCUT2D eigenvalue weighted by molar-refractivity contribution is 0.283. The largest absolute Gasteiger partial charge is 0.398 e. The van der Waals surface area contributed by atoms with Crippen molar-refractivity contribution in [3.8, 4) is 0 Å². The average Bonchev–Trinajstić information content (AvgIpc) is 2.28. The topological polar surface area (TPSA) is 92.4 Å². The number of aliphatic hydroxyl groups excluding tert-OH is 1. The zero-order chi connectivity index (χ0) is 13.6. The Kier molecular flexibility index (Phi) is 5.52. The number of sulfonamides is 1. The molecule has 0 amide bonds. The highest BCUT2D eigenvalue weighted by Crippen LogP contribution is 2.18. The number of benzene rings is 1. The van der Waals surface area contributed by atoms with Crippen LogP contribution in [0.2, 0.25) is 0 Å². The maximum absolute atomic E-state index is 12.8. The smallest absolute Gasteiger partial charge is 0.242 e. The molecule has 1 rings (SSSR count). The second kappa shape index (κ2) is 6.67. The minimum atomic E-state index is -3.70. The zero-order valence-corrected chi connectivity index (χ0v) is 10.7. The van der Waals surface area contributed by atoms with Gasteiger partial charge < -0.3 is 10.8 Å². The molecule has 0 unspecified atom stereocenters. The van der Waals surface area contributed by atoms with Gasteiger partial charge in [0.1, 0.15) is 10.7 Å². The molecule has 1 aromatic rings. The number of unbranched alkanes of at least 4 members (excludes halogenated alkanes) is 2. The van der Waals surface area contributed by atoms with Crippen LogP contribution in [0.25, 0.3) is 0 Å². The normalized spacial score (nSPS) is 11.7. The van der Waals surface area contributed by atoms with Gasteiger partial charge in [-0.15, -0.1) is 0 Å². The van der Waals surface area contributed by atoms with Gasteiger partial charge in [0, 0.05) is 13.2 Å². The average molecular weight is 276 g/mol. The van der Waals surface area contributed by atoms with Crippen molar-refractivity contribution < 1.29 is 17.9 Å². The Hall–Kier alpha value is -1.18. The van der Waals surface area contributed by atoms with Crippen LogP contribution < -0.4 is 10.5 Å².